The maximum Gasteiger partial charge on any atom is 0.273 e. The van der Waals surface area contributed by atoms with E-state index in [9.17, 15) is 14.9 Å². The number of nitro benzene ring substituents is 1. The molecule has 24 heavy (non-hydrogen) atoms. The van der Waals surface area contributed by atoms with Crippen molar-refractivity contribution in [2.45, 2.75) is 13.8 Å². The first-order chi connectivity index (χ1) is 11.4. The van der Waals surface area contributed by atoms with E-state index in [0.717, 1.165) is 17.0 Å². The van der Waals surface area contributed by atoms with Gasteiger partial charge < -0.3 is 9.88 Å². The first kappa shape index (κ1) is 15.9. The molecule has 0 saturated carbocycles. The molecule has 1 aliphatic rings. The van der Waals surface area contributed by atoms with Gasteiger partial charge in [-0.25, -0.2) is 0 Å². The average Bonchev–Trinajstić information content (AvgIpc) is 2.98. The maximum atomic E-state index is 11.8. The standard InChI is InChI=1S/C16H14N4O3S/c1-9-6-11(7-14-15(21)18-16(24)17-14)10(2)19(9)12-4-3-5-13(8-12)20(22)23/h3-8H,1-2H3,(H2,17,18,21,24)/b14-7+. The number of carbonyl (C=O) groups excluding carboxylic acids is 1. The molecule has 122 valence electrons. The van der Waals surface area contributed by atoms with E-state index in [1.165, 1.54) is 12.1 Å². The lowest BCUT2D eigenvalue weighted by Crippen LogP contribution is -2.21. The fourth-order valence-electron chi connectivity index (χ4n) is 2.71. The maximum absolute atomic E-state index is 11.8. The summed E-state index contributed by atoms with van der Waals surface area (Å²) in [6.45, 7) is 3.80. The number of hydrogen-bond donors (Lipinski definition) is 2. The number of thiocarbonyl (C=S) groups is 1. The number of hydrogen-bond acceptors (Lipinski definition) is 4. The summed E-state index contributed by atoms with van der Waals surface area (Å²) in [7, 11) is 0. The Morgan fingerprint density at radius 3 is 2.62 bits per heavy atom. The Morgan fingerprint density at radius 1 is 1.25 bits per heavy atom. The predicted octanol–water partition coefficient (Wildman–Crippen LogP) is 2.35. The molecule has 8 heteroatoms. The zero-order valence-electron chi connectivity index (χ0n) is 13.0. The van der Waals surface area contributed by atoms with Crippen molar-refractivity contribution in [2.24, 2.45) is 0 Å². The lowest BCUT2D eigenvalue weighted by atomic mass is 10.2. The number of benzene rings is 1. The minimum atomic E-state index is -0.422. The fraction of sp³-hybridized carbons (Fsp3) is 0.125. The molecule has 1 aliphatic heterocycles. The van der Waals surface area contributed by atoms with Crippen molar-refractivity contribution in [1.29, 1.82) is 0 Å². The molecule has 0 aliphatic carbocycles. The van der Waals surface area contributed by atoms with Crippen LogP contribution >= 0.6 is 12.2 Å². The summed E-state index contributed by atoms with van der Waals surface area (Å²) >= 11 is 4.92. The van der Waals surface area contributed by atoms with E-state index in [1.807, 2.05) is 24.5 Å². The summed E-state index contributed by atoms with van der Waals surface area (Å²) in [6.07, 6.45) is 1.71. The van der Waals surface area contributed by atoms with Gasteiger partial charge in [-0.05, 0) is 49.8 Å². The van der Waals surface area contributed by atoms with E-state index >= 15 is 0 Å². The highest BCUT2D eigenvalue weighted by atomic mass is 32.1. The second-order valence-corrected chi connectivity index (χ2v) is 5.81. The van der Waals surface area contributed by atoms with Crippen molar-refractivity contribution in [3.05, 3.63) is 63.1 Å². The number of amides is 1. The quantitative estimate of drug-likeness (QED) is 0.387. The molecule has 0 unspecified atom stereocenters. The largest absolute Gasteiger partial charge is 0.328 e. The number of aryl methyl sites for hydroxylation is 1. The zero-order valence-corrected chi connectivity index (χ0v) is 13.8. The zero-order chi connectivity index (χ0) is 17.4. The van der Waals surface area contributed by atoms with Crippen LogP contribution in [0.25, 0.3) is 11.8 Å². The third-order valence-corrected chi connectivity index (χ3v) is 3.99. The van der Waals surface area contributed by atoms with Gasteiger partial charge in [-0.15, -0.1) is 0 Å². The van der Waals surface area contributed by atoms with Gasteiger partial charge in [-0.2, -0.15) is 0 Å². The molecule has 0 spiro atoms. The Hall–Kier alpha value is -3.00. The third kappa shape index (κ3) is 2.79. The van der Waals surface area contributed by atoms with Crippen molar-refractivity contribution in [3.8, 4) is 5.69 Å². The van der Waals surface area contributed by atoms with E-state index < -0.39 is 4.92 Å². The van der Waals surface area contributed by atoms with Crippen LogP contribution in [0.4, 0.5) is 5.69 Å². The van der Waals surface area contributed by atoms with Crippen LogP contribution in [0.15, 0.2) is 36.0 Å². The third-order valence-electron chi connectivity index (χ3n) is 3.79. The van der Waals surface area contributed by atoms with Crippen LogP contribution < -0.4 is 10.6 Å². The average molecular weight is 342 g/mol. The Kier molecular flexibility index (Phi) is 3.90. The number of nitrogens with zero attached hydrogens (tertiary/aromatic N) is 2. The Bertz CT molecular complexity index is 914. The van der Waals surface area contributed by atoms with Gasteiger partial charge in [0.05, 0.1) is 10.6 Å². The van der Waals surface area contributed by atoms with Crippen molar-refractivity contribution in [1.82, 2.24) is 15.2 Å². The van der Waals surface area contributed by atoms with Crippen LogP contribution in [0, 0.1) is 24.0 Å². The van der Waals surface area contributed by atoms with E-state index in [0.29, 0.717) is 11.4 Å². The molecule has 1 amide bonds. The normalized spacial score (nSPS) is 15.5. The summed E-state index contributed by atoms with van der Waals surface area (Å²) in [5.74, 6) is -0.278. The second kappa shape index (κ2) is 5.89. The van der Waals surface area contributed by atoms with Crippen molar-refractivity contribution < 1.29 is 9.72 Å². The van der Waals surface area contributed by atoms with Crippen molar-refractivity contribution in [3.63, 3.8) is 0 Å². The summed E-state index contributed by atoms with van der Waals surface area (Å²) in [4.78, 5) is 22.3. The van der Waals surface area contributed by atoms with Crippen molar-refractivity contribution >= 4 is 35.0 Å². The van der Waals surface area contributed by atoms with Crippen LogP contribution in [0.5, 0.6) is 0 Å². The molecular formula is C16H14N4O3S. The van der Waals surface area contributed by atoms with Crippen LogP contribution in [0.1, 0.15) is 17.0 Å². The molecule has 1 fully saturated rings. The Balaban J connectivity index is 2.06. The monoisotopic (exact) mass is 342 g/mol. The van der Waals surface area contributed by atoms with Gasteiger partial charge in [0.15, 0.2) is 5.11 Å². The molecule has 1 aromatic heterocycles. The first-order valence-electron chi connectivity index (χ1n) is 7.14. The summed E-state index contributed by atoms with van der Waals surface area (Å²) in [6, 6.07) is 8.34. The molecule has 1 aromatic carbocycles. The number of rotatable bonds is 3. The second-order valence-electron chi connectivity index (χ2n) is 5.41. The van der Waals surface area contributed by atoms with Gasteiger partial charge in [0.25, 0.3) is 11.6 Å². The van der Waals surface area contributed by atoms with E-state index in [1.54, 1.807) is 18.2 Å². The lowest BCUT2D eigenvalue weighted by molar-refractivity contribution is -0.384. The minimum absolute atomic E-state index is 0.0297. The number of carbonyl (C=O) groups is 1. The van der Waals surface area contributed by atoms with Crippen molar-refractivity contribution in [2.75, 3.05) is 0 Å². The lowest BCUT2D eigenvalue weighted by Gasteiger charge is -2.09. The molecule has 2 N–H and O–H groups in total. The molecular weight excluding hydrogens is 328 g/mol. The van der Waals surface area contributed by atoms with E-state index in [-0.39, 0.29) is 16.7 Å². The first-order valence-corrected chi connectivity index (χ1v) is 7.55. The molecule has 0 atom stereocenters. The van der Waals surface area contributed by atoms with Crippen LogP contribution in [0.3, 0.4) is 0 Å². The van der Waals surface area contributed by atoms with Gasteiger partial charge in [0, 0.05) is 23.5 Å². The van der Waals surface area contributed by atoms with Crippen LogP contribution in [-0.2, 0) is 4.79 Å². The highest BCUT2D eigenvalue weighted by molar-refractivity contribution is 7.80. The number of nitrogens with one attached hydrogen (secondary N) is 2. The number of aromatic nitrogens is 1. The molecule has 1 saturated heterocycles. The summed E-state index contributed by atoms with van der Waals surface area (Å²) < 4.78 is 1.91. The van der Waals surface area contributed by atoms with Gasteiger partial charge in [-0.3, -0.25) is 20.2 Å². The Labute approximate surface area is 143 Å². The SMILES string of the molecule is Cc1cc(/C=C2/NC(=S)NC2=O)c(C)n1-c1cccc([N+](=O)[O-])c1. The minimum Gasteiger partial charge on any atom is -0.328 e. The molecule has 2 heterocycles. The van der Waals surface area contributed by atoms with Crippen LogP contribution in [-0.4, -0.2) is 20.5 Å². The van der Waals surface area contributed by atoms with Gasteiger partial charge in [-0.1, -0.05) is 6.07 Å². The summed E-state index contributed by atoms with van der Waals surface area (Å²) in [5.41, 5.74) is 3.71. The number of nitro groups is 1. The smallest absolute Gasteiger partial charge is 0.273 e. The number of non-ortho nitro benzene ring substituents is 1. The van der Waals surface area contributed by atoms with Gasteiger partial charge in [0.2, 0.25) is 0 Å². The molecule has 2 aromatic rings. The summed E-state index contributed by atoms with van der Waals surface area (Å²) in [5, 5.41) is 16.6. The van der Waals surface area contributed by atoms with E-state index in [2.05, 4.69) is 10.6 Å². The molecule has 0 bridgehead atoms. The highest BCUT2D eigenvalue weighted by Crippen LogP contribution is 2.25. The van der Waals surface area contributed by atoms with E-state index in [4.69, 9.17) is 12.2 Å². The fourth-order valence-corrected chi connectivity index (χ4v) is 2.92. The molecule has 3 rings (SSSR count). The van der Waals surface area contributed by atoms with Crippen LogP contribution in [0.2, 0.25) is 0 Å². The topological polar surface area (TPSA) is 89.2 Å². The highest BCUT2D eigenvalue weighted by Gasteiger charge is 2.21. The Morgan fingerprint density at radius 2 is 2.00 bits per heavy atom. The molecule has 7 nitrogen and oxygen atoms in total. The predicted molar refractivity (Wildman–Crippen MR) is 93.8 cm³/mol. The van der Waals surface area contributed by atoms with Gasteiger partial charge in [0.1, 0.15) is 5.70 Å². The van der Waals surface area contributed by atoms with Gasteiger partial charge >= 0.3 is 0 Å². The molecule has 0 radical (unpaired) electrons.